The van der Waals surface area contributed by atoms with Gasteiger partial charge in [0.25, 0.3) is 5.91 Å². The molecule has 0 saturated heterocycles. The van der Waals surface area contributed by atoms with Gasteiger partial charge in [-0.3, -0.25) is 4.79 Å². The first kappa shape index (κ1) is 18.9. The molecule has 25 heavy (non-hydrogen) atoms. The van der Waals surface area contributed by atoms with Crippen LogP contribution in [0.15, 0.2) is 48.5 Å². The number of nitrogens with zero attached hydrogens (tertiary/aromatic N) is 1. The molecule has 0 fully saturated rings. The molecule has 1 atom stereocenters. The average molecular weight is 354 g/mol. The van der Waals surface area contributed by atoms with Gasteiger partial charge in [-0.25, -0.2) is 4.39 Å². The van der Waals surface area contributed by atoms with Crippen LogP contribution in [0.1, 0.15) is 27.5 Å². The molecule has 134 valence electrons. The summed E-state index contributed by atoms with van der Waals surface area (Å²) >= 11 is 0. The topological polar surface area (TPSA) is 32.3 Å². The Morgan fingerprint density at radius 3 is 2.40 bits per heavy atom. The lowest BCUT2D eigenvalue weighted by molar-refractivity contribution is -0.137. The van der Waals surface area contributed by atoms with Gasteiger partial charge in [0.05, 0.1) is 17.2 Å². The van der Waals surface area contributed by atoms with E-state index in [1.807, 2.05) is 0 Å². The van der Waals surface area contributed by atoms with Crippen LogP contribution < -0.4 is 5.32 Å². The van der Waals surface area contributed by atoms with E-state index in [1.54, 1.807) is 31.1 Å². The smallest absolute Gasteiger partial charge is 0.350 e. The Bertz CT molecular complexity index is 744. The minimum absolute atomic E-state index is 0.0431. The summed E-state index contributed by atoms with van der Waals surface area (Å²) in [7, 11) is 3.48. The minimum Gasteiger partial charge on any atom is -0.350 e. The van der Waals surface area contributed by atoms with Gasteiger partial charge in [-0.05, 0) is 43.9 Å². The van der Waals surface area contributed by atoms with Crippen molar-refractivity contribution in [2.45, 2.75) is 12.2 Å². The van der Waals surface area contributed by atoms with Crippen LogP contribution in [-0.2, 0) is 6.18 Å². The van der Waals surface area contributed by atoms with Gasteiger partial charge in [0, 0.05) is 6.54 Å². The predicted molar refractivity (Wildman–Crippen MR) is 86.6 cm³/mol. The molecule has 0 bridgehead atoms. The van der Waals surface area contributed by atoms with Gasteiger partial charge in [0.15, 0.2) is 0 Å². The van der Waals surface area contributed by atoms with Crippen molar-refractivity contribution in [1.29, 1.82) is 0 Å². The Morgan fingerprint density at radius 2 is 1.80 bits per heavy atom. The zero-order chi connectivity index (χ0) is 18.6. The summed E-state index contributed by atoms with van der Waals surface area (Å²) < 4.78 is 52.5. The number of carbonyl (C=O) groups is 1. The number of hydrogen-bond acceptors (Lipinski definition) is 2. The number of rotatable bonds is 5. The van der Waals surface area contributed by atoms with Gasteiger partial charge in [0.2, 0.25) is 0 Å². The van der Waals surface area contributed by atoms with E-state index in [-0.39, 0.29) is 12.6 Å². The van der Waals surface area contributed by atoms with Crippen molar-refractivity contribution >= 4 is 5.91 Å². The Hall–Kier alpha value is -2.41. The molecule has 1 amide bonds. The van der Waals surface area contributed by atoms with Crippen molar-refractivity contribution < 1.29 is 22.4 Å². The normalized spacial score (nSPS) is 12.9. The van der Waals surface area contributed by atoms with Crippen LogP contribution in [0.2, 0.25) is 0 Å². The Kier molecular flexibility index (Phi) is 5.79. The molecule has 0 aliphatic carbocycles. The third-order valence-corrected chi connectivity index (χ3v) is 3.79. The minimum atomic E-state index is -4.61. The first-order valence-electron chi connectivity index (χ1n) is 7.56. The maximum atomic E-state index is 13.4. The largest absolute Gasteiger partial charge is 0.417 e. The zero-order valence-corrected chi connectivity index (χ0v) is 13.8. The van der Waals surface area contributed by atoms with Gasteiger partial charge in [-0.15, -0.1) is 0 Å². The molecule has 2 rings (SSSR count). The molecule has 0 spiro atoms. The van der Waals surface area contributed by atoms with Crippen molar-refractivity contribution in [3.63, 3.8) is 0 Å². The van der Waals surface area contributed by atoms with E-state index < -0.39 is 29.0 Å². The summed E-state index contributed by atoms with van der Waals surface area (Å²) in [5, 5.41) is 2.51. The number of alkyl halides is 3. The van der Waals surface area contributed by atoms with Crippen molar-refractivity contribution in [2.75, 3.05) is 20.6 Å². The highest BCUT2D eigenvalue weighted by molar-refractivity contribution is 5.95. The van der Waals surface area contributed by atoms with Gasteiger partial charge in [-0.1, -0.05) is 24.3 Å². The highest BCUT2D eigenvalue weighted by Crippen LogP contribution is 2.31. The molecule has 0 heterocycles. The highest BCUT2D eigenvalue weighted by atomic mass is 19.4. The van der Waals surface area contributed by atoms with E-state index in [1.165, 1.54) is 24.3 Å². The van der Waals surface area contributed by atoms with Crippen LogP contribution in [0, 0.1) is 5.82 Å². The molecule has 2 aromatic carbocycles. The Balaban J connectivity index is 2.18. The van der Waals surface area contributed by atoms with Crippen molar-refractivity contribution in [3.8, 4) is 0 Å². The SMILES string of the molecule is CN(C)C(CNC(=O)c1ccccc1C(F)(F)F)c1cccc(F)c1. The van der Waals surface area contributed by atoms with E-state index in [2.05, 4.69) is 5.32 Å². The lowest BCUT2D eigenvalue weighted by atomic mass is 10.0. The van der Waals surface area contributed by atoms with Crippen LogP contribution in [0.5, 0.6) is 0 Å². The summed E-state index contributed by atoms with van der Waals surface area (Å²) in [5.74, 6) is -1.24. The first-order chi connectivity index (χ1) is 11.7. The zero-order valence-electron chi connectivity index (χ0n) is 13.8. The van der Waals surface area contributed by atoms with E-state index in [4.69, 9.17) is 0 Å². The number of likely N-dealkylation sites (N-methyl/N-ethyl adjacent to an activating group) is 1. The van der Waals surface area contributed by atoms with E-state index in [9.17, 15) is 22.4 Å². The van der Waals surface area contributed by atoms with Gasteiger partial charge in [0.1, 0.15) is 5.82 Å². The number of carbonyl (C=O) groups excluding carboxylic acids is 1. The summed E-state index contributed by atoms with van der Waals surface area (Å²) in [5.41, 5.74) is -0.805. The van der Waals surface area contributed by atoms with Crippen molar-refractivity contribution in [1.82, 2.24) is 10.2 Å². The summed E-state index contributed by atoms with van der Waals surface area (Å²) in [6, 6.07) is 10.1. The molecule has 2 aromatic rings. The lowest BCUT2D eigenvalue weighted by Gasteiger charge is -2.25. The molecule has 0 radical (unpaired) electrons. The fourth-order valence-corrected chi connectivity index (χ4v) is 2.53. The molecular weight excluding hydrogens is 336 g/mol. The van der Waals surface area contributed by atoms with E-state index in [0.717, 1.165) is 12.1 Å². The number of nitrogens with one attached hydrogen (secondary N) is 1. The second-order valence-electron chi connectivity index (χ2n) is 5.79. The summed E-state index contributed by atoms with van der Waals surface area (Å²) in [6.45, 7) is 0.0431. The molecular formula is C18H18F4N2O. The molecule has 0 aliphatic heterocycles. The van der Waals surface area contributed by atoms with Gasteiger partial charge >= 0.3 is 6.18 Å². The van der Waals surface area contributed by atoms with Crippen LogP contribution in [-0.4, -0.2) is 31.4 Å². The molecule has 0 saturated carbocycles. The van der Waals surface area contributed by atoms with Gasteiger partial charge in [-0.2, -0.15) is 13.2 Å². The highest BCUT2D eigenvalue weighted by Gasteiger charge is 2.34. The van der Waals surface area contributed by atoms with Crippen LogP contribution in [0.4, 0.5) is 17.6 Å². The molecule has 0 aliphatic rings. The number of hydrogen-bond donors (Lipinski definition) is 1. The summed E-state index contributed by atoms with van der Waals surface area (Å²) in [6.07, 6.45) is -4.61. The second-order valence-corrected chi connectivity index (χ2v) is 5.79. The average Bonchev–Trinajstić information content (AvgIpc) is 2.54. The number of benzene rings is 2. The second kappa shape index (κ2) is 7.65. The molecule has 7 heteroatoms. The van der Waals surface area contributed by atoms with E-state index in [0.29, 0.717) is 5.56 Å². The van der Waals surface area contributed by atoms with Crippen LogP contribution in [0.25, 0.3) is 0 Å². The Morgan fingerprint density at radius 1 is 1.12 bits per heavy atom. The van der Waals surface area contributed by atoms with Crippen molar-refractivity contribution in [2.24, 2.45) is 0 Å². The first-order valence-corrected chi connectivity index (χ1v) is 7.56. The molecule has 1 unspecified atom stereocenters. The number of amides is 1. The fourth-order valence-electron chi connectivity index (χ4n) is 2.53. The lowest BCUT2D eigenvalue weighted by Crippen LogP contribution is -2.35. The fraction of sp³-hybridized carbons (Fsp3) is 0.278. The maximum Gasteiger partial charge on any atom is 0.417 e. The van der Waals surface area contributed by atoms with Crippen LogP contribution >= 0.6 is 0 Å². The Labute approximate surface area is 143 Å². The van der Waals surface area contributed by atoms with E-state index >= 15 is 0 Å². The third-order valence-electron chi connectivity index (χ3n) is 3.79. The molecule has 3 nitrogen and oxygen atoms in total. The molecule has 0 aromatic heterocycles. The number of halogens is 4. The monoisotopic (exact) mass is 354 g/mol. The summed E-state index contributed by atoms with van der Waals surface area (Å²) in [4.78, 5) is 14.0. The quantitative estimate of drug-likeness (QED) is 0.827. The predicted octanol–water partition coefficient (Wildman–Crippen LogP) is 3.88. The van der Waals surface area contributed by atoms with Gasteiger partial charge < -0.3 is 10.2 Å². The maximum absolute atomic E-state index is 13.4. The third kappa shape index (κ3) is 4.79. The molecule has 1 N–H and O–H groups in total. The standard InChI is InChI=1S/C18H18F4N2O/c1-24(2)16(12-6-5-7-13(19)10-12)11-23-17(25)14-8-3-4-9-15(14)18(20,21)22/h3-10,16H,11H2,1-2H3,(H,23,25). The van der Waals surface area contributed by atoms with Crippen LogP contribution in [0.3, 0.4) is 0 Å². The van der Waals surface area contributed by atoms with Crippen molar-refractivity contribution in [3.05, 3.63) is 71.0 Å².